The zero-order valence-electron chi connectivity index (χ0n) is 18.0. The predicted octanol–water partition coefficient (Wildman–Crippen LogP) is 3.87. The molecule has 0 radical (unpaired) electrons. The van der Waals surface area contributed by atoms with Gasteiger partial charge in [0.25, 0.3) is 5.56 Å². The van der Waals surface area contributed by atoms with E-state index in [1.54, 1.807) is 4.68 Å². The van der Waals surface area contributed by atoms with Gasteiger partial charge in [0.15, 0.2) is 5.65 Å². The Kier molecular flexibility index (Phi) is 5.28. The van der Waals surface area contributed by atoms with Crippen molar-refractivity contribution in [1.82, 2.24) is 19.4 Å². The van der Waals surface area contributed by atoms with Gasteiger partial charge in [-0.25, -0.2) is 14.3 Å². The highest BCUT2D eigenvalue weighted by atomic mass is 16.2. The second kappa shape index (κ2) is 8.55. The van der Waals surface area contributed by atoms with Crippen LogP contribution in [0.1, 0.15) is 11.1 Å². The Balaban J connectivity index is 1.33. The Labute approximate surface area is 189 Å². The standard InChI is InChI=1S/C26H21N5O2/c1-18-7-13-22(14-8-18)31-25-23(16-28-31)26(33)30(17-27-25)29-24(32)15-19-9-11-21(12-10-19)20-5-3-2-4-6-20/h2-14,16-17H,15H2,1H3,(H,29,32). The van der Waals surface area contributed by atoms with Gasteiger partial charge < -0.3 is 0 Å². The SMILES string of the molecule is Cc1ccc(-n2ncc3c(=O)n(NC(=O)Cc4ccc(-c5ccccc5)cc4)cnc32)cc1. The molecule has 0 saturated heterocycles. The van der Waals surface area contributed by atoms with Crippen molar-refractivity contribution in [1.29, 1.82) is 0 Å². The minimum Gasteiger partial charge on any atom is -0.273 e. The van der Waals surface area contributed by atoms with Crippen molar-refractivity contribution < 1.29 is 4.79 Å². The fourth-order valence-electron chi connectivity index (χ4n) is 3.67. The first kappa shape index (κ1) is 20.4. The molecule has 3 aromatic carbocycles. The summed E-state index contributed by atoms with van der Waals surface area (Å²) in [6.45, 7) is 2.00. The molecule has 0 spiro atoms. The van der Waals surface area contributed by atoms with Gasteiger partial charge in [-0.15, -0.1) is 0 Å². The lowest BCUT2D eigenvalue weighted by atomic mass is 10.0. The molecule has 5 aromatic rings. The number of carbonyl (C=O) groups excluding carboxylic acids is 1. The number of hydrogen-bond acceptors (Lipinski definition) is 4. The van der Waals surface area contributed by atoms with Gasteiger partial charge in [0, 0.05) is 0 Å². The second-order valence-corrected chi connectivity index (χ2v) is 7.82. The molecule has 162 valence electrons. The molecule has 2 aromatic heterocycles. The van der Waals surface area contributed by atoms with E-state index in [-0.39, 0.29) is 17.9 Å². The van der Waals surface area contributed by atoms with Crippen molar-refractivity contribution in [3.8, 4) is 16.8 Å². The molecule has 7 heteroatoms. The van der Waals surface area contributed by atoms with Gasteiger partial charge in [0.05, 0.1) is 18.3 Å². The first-order valence-corrected chi connectivity index (χ1v) is 10.6. The molecule has 1 N–H and O–H groups in total. The van der Waals surface area contributed by atoms with Crippen molar-refractivity contribution in [2.75, 3.05) is 5.43 Å². The third kappa shape index (κ3) is 4.16. The maximum Gasteiger partial charge on any atom is 0.283 e. The maximum atomic E-state index is 12.9. The van der Waals surface area contributed by atoms with E-state index in [0.717, 1.165) is 32.6 Å². The molecule has 0 saturated carbocycles. The maximum absolute atomic E-state index is 12.9. The molecule has 1 amide bonds. The summed E-state index contributed by atoms with van der Waals surface area (Å²) in [4.78, 5) is 29.8. The number of benzene rings is 3. The van der Waals surface area contributed by atoms with E-state index < -0.39 is 0 Å². The number of nitrogens with zero attached hydrogens (tertiary/aromatic N) is 4. The molecular weight excluding hydrogens is 414 g/mol. The lowest BCUT2D eigenvalue weighted by molar-refractivity contribution is -0.116. The van der Waals surface area contributed by atoms with Gasteiger partial charge >= 0.3 is 0 Å². The summed E-state index contributed by atoms with van der Waals surface area (Å²) >= 11 is 0. The average Bonchev–Trinajstić information content (AvgIpc) is 3.27. The van der Waals surface area contributed by atoms with Gasteiger partial charge in [0.1, 0.15) is 11.7 Å². The monoisotopic (exact) mass is 435 g/mol. The van der Waals surface area contributed by atoms with E-state index >= 15 is 0 Å². The average molecular weight is 435 g/mol. The molecule has 2 heterocycles. The Morgan fingerprint density at radius 3 is 2.33 bits per heavy atom. The molecule has 0 aliphatic heterocycles. The quantitative estimate of drug-likeness (QED) is 0.454. The Morgan fingerprint density at radius 1 is 0.909 bits per heavy atom. The third-order valence-electron chi connectivity index (χ3n) is 5.44. The lowest BCUT2D eigenvalue weighted by Gasteiger charge is -2.09. The van der Waals surface area contributed by atoms with Crippen LogP contribution in [0.4, 0.5) is 0 Å². The molecule has 7 nitrogen and oxygen atoms in total. The number of carbonyl (C=O) groups is 1. The minimum absolute atomic E-state index is 0.141. The van der Waals surface area contributed by atoms with Crippen LogP contribution >= 0.6 is 0 Å². The number of nitrogens with one attached hydrogen (secondary N) is 1. The summed E-state index contributed by atoms with van der Waals surface area (Å²) in [7, 11) is 0. The first-order chi connectivity index (χ1) is 16.1. The van der Waals surface area contributed by atoms with Crippen molar-refractivity contribution in [3.63, 3.8) is 0 Å². The van der Waals surface area contributed by atoms with Gasteiger partial charge in [-0.1, -0.05) is 72.3 Å². The van der Waals surface area contributed by atoms with Crippen LogP contribution in [0.15, 0.2) is 96.2 Å². The molecular formula is C26H21N5O2. The largest absolute Gasteiger partial charge is 0.283 e. The van der Waals surface area contributed by atoms with Crippen LogP contribution < -0.4 is 11.0 Å². The molecule has 0 unspecified atom stereocenters. The Hall–Kier alpha value is -4.52. The number of hydrogen-bond donors (Lipinski definition) is 1. The van der Waals surface area contributed by atoms with Crippen LogP contribution in [0.5, 0.6) is 0 Å². The van der Waals surface area contributed by atoms with Gasteiger partial charge in [-0.2, -0.15) is 5.10 Å². The van der Waals surface area contributed by atoms with Crippen molar-refractivity contribution in [2.24, 2.45) is 0 Å². The first-order valence-electron chi connectivity index (χ1n) is 10.6. The topological polar surface area (TPSA) is 81.8 Å². The van der Waals surface area contributed by atoms with Crippen LogP contribution in [-0.4, -0.2) is 25.3 Å². The summed E-state index contributed by atoms with van der Waals surface area (Å²) in [6, 6.07) is 25.6. The van der Waals surface area contributed by atoms with Gasteiger partial charge in [0.2, 0.25) is 5.91 Å². The zero-order valence-corrected chi connectivity index (χ0v) is 18.0. The van der Waals surface area contributed by atoms with Crippen molar-refractivity contribution in [3.05, 3.63) is 113 Å². The van der Waals surface area contributed by atoms with Crippen molar-refractivity contribution in [2.45, 2.75) is 13.3 Å². The molecule has 0 fully saturated rings. The fourth-order valence-corrected chi connectivity index (χ4v) is 3.67. The van der Waals surface area contributed by atoms with Crippen LogP contribution in [0.2, 0.25) is 0 Å². The van der Waals surface area contributed by atoms with Gasteiger partial charge in [-0.3, -0.25) is 15.0 Å². The van der Waals surface area contributed by atoms with E-state index in [1.807, 2.05) is 85.8 Å². The van der Waals surface area contributed by atoms with E-state index in [0.29, 0.717) is 11.0 Å². The molecule has 33 heavy (non-hydrogen) atoms. The highest BCUT2D eigenvalue weighted by molar-refractivity contribution is 5.86. The Bertz CT molecular complexity index is 1480. The molecule has 0 bridgehead atoms. The second-order valence-electron chi connectivity index (χ2n) is 7.82. The smallest absolute Gasteiger partial charge is 0.273 e. The third-order valence-corrected chi connectivity index (χ3v) is 5.44. The zero-order chi connectivity index (χ0) is 22.8. The summed E-state index contributed by atoms with van der Waals surface area (Å²) in [6.07, 6.45) is 2.92. The van der Waals surface area contributed by atoms with E-state index in [2.05, 4.69) is 15.5 Å². The number of aryl methyl sites for hydroxylation is 1. The normalized spacial score (nSPS) is 10.9. The molecule has 0 aliphatic rings. The van der Waals surface area contributed by atoms with Crippen molar-refractivity contribution >= 4 is 16.9 Å². The van der Waals surface area contributed by atoms with Crippen LogP contribution in [0, 0.1) is 6.92 Å². The fraction of sp³-hybridized carbons (Fsp3) is 0.0769. The van der Waals surface area contributed by atoms with Gasteiger partial charge in [-0.05, 0) is 35.7 Å². The number of aromatic nitrogens is 4. The van der Waals surface area contributed by atoms with Crippen LogP contribution in [-0.2, 0) is 11.2 Å². The summed E-state index contributed by atoms with van der Waals surface area (Å²) in [5, 5.41) is 4.63. The molecule has 5 rings (SSSR count). The molecule has 0 aliphatic carbocycles. The highest BCUT2D eigenvalue weighted by Gasteiger charge is 2.13. The van der Waals surface area contributed by atoms with E-state index in [9.17, 15) is 9.59 Å². The summed E-state index contributed by atoms with van der Waals surface area (Å²) in [5.74, 6) is -0.309. The summed E-state index contributed by atoms with van der Waals surface area (Å²) < 4.78 is 2.71. The molecule has 0 atom stereocenters. The predicted molar refractivity (Wildman–Crippen MR) is 128 cm³/mol. The Morgan fingerprint density at radius 2 is 1.61 bits per heavy atom. The minimum atomic E-state index is -0.383. The summed E-state index contributed by atoms with van der Waals surface area (Å²) in [5.41, 5.74) is 7.65. The lowest BCUT2D eigenvalue weighted by Crippen LogP contribution is -2.34. The highest BCUT2D eigenvalue weighted by Crippen LogP contribution is 2.19. The number of fused-ring (bicyclic) bond motifs is 1. The van der Waals surface area contributed by atoms with Crippen LogP contribution in [0.3, 0.4) is 0 Å². The van der Waals surface area contributed by atoms with E-state index in [1.165, 1.54) is 12.5 Å². The van der Waals surface area contributed by atoms with E-state index in [4.69, 9.17) is 0 Å². The number of amides is 1. The van der Waals surface area contributed by atoms with Crippen LogP contribution in [0.25, 0.3) is 27.8 Å². The number of rotatable bonds is 5.